The van der Waals surface area contributed by atoms with Crippen molar-refractivity contribution >= 4 is 0 Å². The highest BCUT2D eigenvalue weighted by Crippen LogP contribution is 2.12. The Kier molecular flexibility index (Phi) is 3.28. The Morgan fingerprint density at radius 1 is 1.53 bits per heavy atom. The molecule has 0 aromatic carbocycles. The van der Waals surface area contributed by atoms with Crippen LogP contribution in [-0.2, 0) is 6.54 Å². The van der Waals surface area contributed by atoms with Crippen molar-refractivity contribution in [2.75, 3.05) is 13.1 Å². The summed E-state index contributed by atoms with van der Waals surface area (Å²) in [6.07, 6.45) is 5.16. The Bertz CT molecular complexity index is 329. The molecule has 1 aromatic rings. The second-order valence-corrected chi connectivity index (χ2v) is 4.15. The van der Waals surface area contributed by atoms with Crippen LogP contribution < -0.4 is 5.73 Å². The van der Waals surface area contributed by atoms with Crippen LogP contribution in [0.1, 0.15) is 18.4 Å². The third-order valence-corrected chi connectivity index (χ3v) is 2.71. The first kappa shape index (κ1) is 10.5. The van der Waals surface area contributed by atoms with Crippen molar-refractivity contribution in [3.63, 3.8) is 0 Å². The van der Waals surface area contributed by atoms with E-state index < -0.39 is 0 Å². The molecule has 0 aliphatic carbocycles. The number of nitrogens with two attached hydrogens (primary N) is 1. The normalized spacial score (nSPS) is 22.9. The predicted octanol–water partition coefficient (Wildman–Crippen LogP) is 1.14. The maximum absolute atomic E-state index is 12.9. The molecule has 1 aliphatic heterocycles. The molecule has 0 spiro atoms. The Labute approximate surface area is 89.1 Å². The van der Waals surface area contributed by atoms with Gasteiger partial charge in [-0.25, -0.2) is 4.39 Å². The van der Waals surface area contributed by atoms with E-state index in [4.69, 9.17) is 5.73 Å². The first-order valence-electron chi connectivity index (χ1n) is 5.31. The van der Waals surface area contributed by atoms with Gasteiger partial charge >= 0.3 is 0 Å². The lowest BCUT2D eigenvalue weighted by molar-refractivity contribution is 0.201. The van der Waals surface area contributed by atoms with Crippen LogP contribution in [-0.4, -0.2) is 29.0 Å². The number of nitrogens with zero attached hydrogens (tertiary/aromatic N) is 2. The van der Waals surface area contributed by atoms with E-state index in [2.05, 4.69) is 9.88 Å². The molecule has 0 saturated carbocycles. The van der Waals surface area contributed by atoms with Gasteiger partial charge < -0.3 is 5.73 Å². The smallest absolute Gasteiger partial charge is 0.141 e. The van der Waals surface area contributed by atoms with Crippen LogP contribution in [0.25, 0.3) is 0 Å². The van der Waals surface area contributed by atoms with Crippen LogP contribution in [0, 0.1) is 5.82 Å². The zero-order valence-electron chi connectivity index (χ0n) is 8.69. The monoisotopic (exact) mass is 209 g/mol. The lowest BCUT2D eigenvalue weighted by atomic mass is 10.1. The van der Waals surface area contributed by atoms with E-state index in [1.807, 2.05) is 0 Å². The van der Waals surface area contributed by atoms with Crippen LogP contribution in [0.2, 0.25) is 0 Å². The van der Waals surface area contributed by atoms with Gasteiger partial charge in [-0.3, -0.25) is 9.88 Å². The molecule has 1 aromatic heterocycles. The second-order valence-electron chi connectivity index (χ2n) is 4.15. The van der Waals surface area contributed by atoms with Gasteiger partial charge in [-0.2, -0.15) is 0 Å². The van der Waals surface area contributed by atoms with Crippen molar-refractivity contribution in [1.29, 1.82) is 0 Å². The summed E-state index contributed by atoms with van der Waals surface area (Å²) in [5, 5.41) is 0. The minimum Gasteiger partial charge on any atom is -0.327 e. The third-order valence-electron chi connectivity index (χ3n) is 2.71. The largest absolute Gasteiger partial charge is 0.327 e. The van der Waals surface area contributed by atoms with Crippen molar-refractivity contribution in [2.24, 2.45) is 5.73 Å². The molecule has 1 aliphatic rings. The highest BCUT2D eigenvalue weighted by atomic mass is 19.1. The molecule has 15 heavy (non-hydrogen) atoms. The number of likely N-dealkylation sites (tertiary alicyclic amines) is 1. The summed E-state index contributed by atoms with van der Waals surface area (Å²) in [6, 6.07) is 1.80. The van der Waals surface area contributed by atoms with Gasteiger partial charge in [0, 0.05) is 25.3 Å². The fourth-order valence-electron chi connectivity index (χ4n) is 2.04. The average Bonchev–Trinajstić information content (AvgIpc) is 2.17. The Morgan fingerprint density at radius 3 is 3.13 bits per heavy atom. The lowest BCUT2D eigenvalue weighted by Crippen LogP contribution is -2.42. The van der Waals surface area contributed by atoms with E-state index >= 15 is 0 Å². The first-order chi connectivity index (χ1) is 7.24. The van der Waals surface area contributed by atoms with Gasteiger partial charge in [-0.1, -0.05) is 0 Å². The van der Waals surface area contributed by atoms with Gasteiger partial charge in [0.25, 0.3) is 0 Å². The highest BCUT2D eigenvalue weighted by molar-refractivity contribution is 5.10. The average molecular weight is 209 g/mol. The summed E-state index contributed by atoms with van der Waals surface area (Å²) in [7, 11) is 0. The molecule has 3 nitrogen and oxygen atoms in total. The molecular formula is C11H16FN3. The molecule has 0 radical (unpaired) electrons. The Morgan fingerprint density at radius 2 is 2.40 bits per heavy atom. The summed E-state index contributed by atoms with van der Waals surface area (Å²) in [6.45, 7) is 2.69. The number of pyridine rings is 1. The molecule has 0 unspecified atom stereocenters. The summed E-state index contributed by atoms with van der Waals surface area (Å²) in [5.41, 5.74) is 6.80. The molecular weight excluding hydrogens is 193 g/mol. The lowest BCUT2D eigenvalue weighted by Gasteiger charge is -2.30. The zero-order chi connectivity index (χ0) is 10.7. The summed E-state index contributed by atoms with van der Waals surface area (Å²) in [5.74, 6) is -0.270. The molecule has 2 N–H and O–H groups in total. The third kappa shape index (κ3) is 2.97. The molecule has 0 amide bonds. The number of piperidine rings is 1. The Hall–Kier alpha value is -1.00. The van der Waals surface area contributed by atoms with Gasteiger partial charge in [0.2, 0.25) is 0 Å². The van der Waals surface area contributed by atoms with Crippen molar-refractivity contribution in [1.82, 2.24) is 9.88 Å². The molecule has 82 valence electrons. The van der Waals surface area contributed by atoms with E-state index in [1.54, 1.807) is 6.20 Å². The summed E-state index contributed by atoms with van der Waals surface area (Å²) >= 11 is 0. The van der Waals surface area contributed by atoms with E-state index in [0.29, 0.717) is 0 Å². The van der Waals surface area contributed by atoms with Crippen molar-refractivity contribution in [3.05, 3.63) is 29.8 Å². The minimum atomic E-state index is -0.270. The standard InChI is InChI=1S/C11H16FN3/c12-10-4-9(5-14-6-10)7-15-3-1-2-11(13)8-15/h4-6,11H,1-3,7-8,13H2/t11-/m0/s1. The molecule has 1 saturated heterocycles. The quantitative estimate of drug-likeness (QED) is 0.794. The van der Waals surface area contributed by atoms with Crippen molar-refractivity contribution < 1.29 is 4.39 Å². The van der Waals surface area contributed by atoms with Gasteiger partial charge in [0.15, 0.2) is 0 Å². The second kappa shape index (κ2) is 4.68. The number of aromatic nitrogens is 1. The van der Waals surface area contributed by atoms with E-state index in [0.717, 1.165) is 38.0 Å². The molecule has 4 heteroatoms. The maximum atomic E-state index is 12.9. The zero-order valence-corrected chi connectivity index (χ0v) is 8.69. The van der Waals surface area contributed by atoms with Crippen LogP contribution >= 0.6 is 0 Å². The Balaban J connectivity index is 1.96. The van der Waals surface area contributed by atoms with Crippen molar-refractivity contribution in [3.8, 4) is 0 Å². The van der Waals surface area contributed by atoms with Gasteiger partial charge in [0.1, 0.15) is 5.82 Å². The van der Waals surface area contributed by atoms with Crippen LogP contribution in [0.4, 0.5) is 4.39 Å². The van der Waals surface area contributed by atoms with Crippen LogP contribution in [0.15, 0.2) is 18.5 Å². The van der Waals surface area contributed by atoms with Gasteiger partial charge in [-0.05, 0) is 31.0 Å². The van der Waals surface area contributed by atoms with Crippen LogP contribution in [0.5, 0.6) is 0 Å². The number of hydrogen-bond donors (Lipinski definition) is 1. The predicted molar refractivity (Wildman–Crippen MR) is 56.7 cm³/mol. The molecule has 1 fully saturated rings. The molecule has 2 heterocycles. The molecule has 2 rings (SSSR count). The first-order valence-corrected chi connectivity index (χ1v) is 5.31. The molecule has 0 bridgehead atoms. The summed E-state index contributed by atoms with van der Waals surface area (Å²) in [4.78, 5) is 6.09. The number of rotatable bonds is 2. The van der Waals surface area contributed by atoms with E-state index in [1.165, 1.54) is 12.3 Å². The maximum Gasteiger partial charge on any atom is 0.141 e. The minimum absolute atomic E-state index is 0.264. The topological polar surface area (TPSA) is 42.1 Å². The van der Waals surface area contributed by atoms with Gasteiger partial charge in [-0.15, -0.1) is 0 Å². The van der Waals surface area contributed by atoms with Gasteiger partial charge in [0.05, 0.1) is 6.20 Å². The van der Waals surface area contributed by atoms with Crippen LogP contribution in [0.3, 0.4) is 0 Å². The highest BCUT2D eigenvalue weighted by Gasteiger charge is 2.16. The number of halogens is 1. The molecule has 1 atom stereocenters. The van der Waals surface area contributed by atoms with E-state index in [-0.39, 0.29) is 11.9 Å². The number of hydrogen-bond acceptors (Lipinski definition) is 3. The fraction of sp³-hybridized carbons (Fsp3) is 0.545. The SMILES string of the molecule is N[C@H]1CCCN(Cc2cncc(F)c2)C1. The fourth-order valence-corrected chi connectivity index (χ4v) is 2.04. The van der Waals surface area contributed by atoms with E-state index in [9.17, 15) is 4.39 Å². The summed E-state index contributed by atoms with van der Waals surface area (Å²) < 4.78 is 12.9. The van der Waals surface area contributed by atoms with Crippen molar-refractivity contribution in [2.45, 2.75) is 25.4 Å².